The minimum absolute atomic E-state index is 0.112. The van der Waals surface area contributed by atoms with Gasteiger partial charge in [0.1, 0.15) is 0 Å². The van der Waals surface area contributed by atoms with Crippen LogP contribution in [0.4, 0.5) is 16.2 Å². The average molecular weight is 385 g/mol. The number of nitrogens with zero attached hydrogens (tertiary/aromatic N) is 2. The summed E-state index contributed by atoms with van der Waals surface area (Å²) in [4.78, 5) is 22.1. The molecule has 1 amide bonds. The summed E-state index contributed by atoms with van der Waals surface area (Å²) in [5.41, 5.74) is 0.0584. The van der Waals surface area contributed by atoms with Crippen molar-refractivity contribution < 1.29 is 23.2 Å². The second-order valence-electron chi connectivity index (χ2n) is 4.98. The molecule has 8 nitrogen and oxygen atoms in total. The molecule has 0 aliphatic rings. The third kappa shape index (κ3) is 4.68. The summed E-state index contributed by atoms with van der Waals surface area (Å²) in [5, 5.41) is 20.3. The van der Waals surface area contributed by atoms with Gasteiger partial charge in [-0.1, -0.05) is 11.6 Å². The highest BCUT2D eigenvalue weighted by atomic mass is 35.5. The molecule has 0 saturated carbocycles. The van der Waals surface area contributed by atoms with Gasteiger partial charge in [-0.25, -0.2) is 13.2 Å². The molecule has 25 heavy (non-hydrogen) atoms. The summed E-state index contributed by atoms with van der Waals surface area (Å²) in [6, 6.07) is 10.4. The van der Waals surface area contributed by atoms with Crippen LogP contribution < -0.4 is 4.90 Å². The van der Waals surface area contributed by atoms with Gasteiger partial charge in [0, 0.05) is 29.4 Å². The Labute approximate surface area is 148 Å². The van der Waals surface area contributed by atoms with Crippen LogP contribution in [0, 0.1) is 10.1 Å². The normalized spacial score (nSPS) is 11.1. The third-order valence-electron chi connectivity index (χ3n) is 3.36. The minimum Gasteiger partial charge on any atom is -0.465 e. The number of amides is 1. The molecule has 0 aliphatic heterocycles. The Balaban J connectivity index is 2.17. The molecule has 0 bridgehead atoms. The molecule has 0 saturated heterocycles. The van der Waals surface area contributed by atoms with Crippen LogP contribution in [0.2, 0.25) is 5.02 Å². The van der Waals surface area contributed by atoms with Gasteiger partial charge in [-0.2, -0.15) is 0 Å². The first-order valence-corrected chi connectivity index (χ1v) is 8.97. The molecule has 0 aromatic heterocycles. The van der Waals surface area contributed by atoms with E-state index in [-0.39, 0.29) is 22.8 Å². The van der Waals surface area contributed by atoms with Gasteiger partial charge in [-0.05, 0) is 36.4 Å². The SMILES string of the molecule is O=C(O)N(CCS(=O)(=O)c1ccc([N+](=O)[O-])cc1)c1ccc(Cl)cc1. The first kappa shape index (κ1) is 18.7. The second kappa shape index (κ2) is 7.49. The summed E-state index contributed by atoms with van der Waals surface area (Å²) >= 11 is 5.75. The lowest BCUT2D eigenvalue weighted by molar-refractivity contribution is -0.384. The molecule has 0 spiro atoms. The van der Waals surface area contributed by atoms with E-state index < -0.39 is 26.6 Å². The van der Waals surface area contributed by atoms with Crippen molar-refractivity contribution in [1.82, 2.24) is 0 Å². The van der Waals surface area contributed by atoms with Crippen molar-refractivity contribution in [2.24, 2.45) is 0 Å². The molecule has 0 aliphatic carbocycles. The molecule has 10 heteroatoms. The fourth-order valence-electron chi connectivity index (χ4n) is 2.06. The Morgan fingerprint density at radius 1 is 1.12 bits per heavy atom. The van der Waals surface area contributed by atoms with Crippen molar-refractivity contribution in [3.63, 3.8) is 0 Å². The number of anilines is 1. The van der Waals surface area contributed by atoms with E-state index in [9.17, 15) is 28.4 Å². The topological polar surface area (TPSA) is 118 Å². The number of sulfone groups is 1. The zero-order valence-corrected chi connectivity index (χ0v) is 14.3. The van der Waals surface area contributed by atoms with Crippen LogP contribution >= 0.6 is 11.6 Å². The first-order valence-electron chi connectivity index (χ1n) is 6.94. The van der Waals surface area contributed by atoms with Crippen LogP contribution in [0.3, 0.4) is 0 Å². The van der Waals surface area contributed by atoms with Crippen LogP contribution in [-0.2, 0) is 9.84 Å². The lowest BCUT2D eigenvalue weighted by Crippen LogP contribution is -2.34. The van der Waals surface area contributed by atoms with Gasteiger partial charge in [0.05, 0.1) is 15.6 Å². The van der Waals surface area contributed by atoms with Gasteiger partial charge in [0.2, 0.25) is 0 Å². The van der Waals surface area contributed by atoms with Gasteiger partial charge in [0.25, 0.3) is 5.69 Å². The number of nitro groups is 1. The highest BCUT2D eigenvalue weighted by Gasteiger charge is 2.21. The van der Waals surface area contributed by atoms with E-state index in [1.165, 1.54) is 24.3 Å². The first-order chi connectivity index (χ1) is 11.7. The van der Waals surface area contributed by atoms with Crippen molar-refractivity contribution in [2.45, 2.75) is 4.90 Å². The van der Waals surface area contributed by atoms with Crippen LogP contribution in [0.25, 0.3) is 0 Å². The standard InChI is InChI=1S/C15H13ClN2O6S/c16-11-1-3-12(4-2-11)17(15(19)20)9-10-25(23,24)14-7-5-13(6-8-14)18(21)22/h1-8H,9-10H2,(H,19,20). The van der Waals surface area contributed by atoms with E-state index in [0.717, 1.165) is 29.2 Å². The van der Waals surface area contributed by atoms with E-state index in [1.54, 1.807) is 0 Å². The van der Waals surface area contributed by atoms with E-state index in [0.29, 0.717) is 5.02 Å². The molecule has 0 unspecified atom stereocenters. The Kier molecular flexibility index (Phi) is 5.60. The van der Waals surface area contributed by atoms with Crippen LogP contribution in [-0.4, -0.2) is 36.8 Å². The number of halogens is 1. The maximum Gasteiger partial charge on any atom is 0.411 e. The maximum absolute atomic E-state index is 12.3. The summed E-state index contributed by atoms with van der Waals surface area (Å²) in [6.07, 6.45) is -1.30. The number of carbonyl (C=O) groups is 1. The molecule has 0 heterocycles. The molecule has 0 fully saturated rings. The van der Waals surface area contributed by atoms with Crippen LogP contribution in [0.1, 0.15) is 0 Å². The highest BCUT2D eigenvalue weighted by Crippen LogP contribution is 2.20. The van der Waals surface area contributed by atoms with Gasteiger partial charge in [0.15, 0.2) is 9.84 Å². The number of hydrogen-bond acceptors (Lipinski definition) is 5. The summed E-state index contributed by atoms with van der Waals surface area (Å²) in [6.45, 7) is -0.295. The summed E-state index contributed by atoms with van der Waals surface area (Å²) in [5.74, 6) is -0.472. The molecule has 0 radical (unpaired) electrons. The number of carboxylic acid groups (broad SMARTS) is 1. The molecule has 0 atom stereocenters. The highest BCUT2D eigenvalue weighted by molar-refractivity contribution is 7.91. The Morgan fingerprint density at radius 2 is 1.68 bits per heavy atom. The quantitative estimate of drug-likeness (QED) is 0.603. The van der Waals surface area contributed by atoms with Gasteiger partial charge in [-0.3, -0.25) is 15.0 Å². The predicted molar refractivity (Wildman–Crippen MR) is 92.0 cm³/mol. The van der Waals surface area contributed by atoms with Gasteiger partial charge < -0.3 is 5.11 Å². The molecule has 2 aromatic rings. The molecule has 2 rings (SSSR count). The molecule has 132 valence electrons. The molecular formula is C15H13ClN2O6S. The van der Waals surface area contributed by atoms with E-state index in [4.69, 9.17) is 11.6 Å². The maximum atomic E-state index is 12.3. The molecule has 2 aromatic carbocycles. The number of rotatable bonds is 6. The second-order valence-corrected chi connectivity index (χ2v) is 7.53. The third-order valence-corrected chi connectivity index (χ3v) is 5.32. The lowest BCUT2D eigenvalue weighted by atomic mass is 10.3. The number of non-ortho nitro benzene ring substituents is 1. The van der Waals surface area contributed by atoms with Crippen LogP contribution in [0.15, 0.2) is 53.4 Å². The zero-order chi connectivity index (χ0) is 18.6. The van der Waals surface area contributed by atoms with Crippen molar-refractivity contribution in [3.05, 3.63) is 63.7 Å². The molecule has 1 N–H and O–H groups in total. The number of benzene rings is 2. The van der Waals surface area contributed by atoms with Gasteiger partial charge >= 0.3 is 6.09 Å². The smallest absolute Gasteiger partial charge is 0.411 e. The van der Waals surface area contributed by atoms with Gasteiger partial charge in [-0.15, -0.1) is 0 Å². The lowest BCUT2D eigenvalue weighted by Gasteiger charge is -2.19. The van der Waals surface area contributed by atoms with E-state index in [2.05, 4.69) is 0 Å². The summed E-state index contributed by atoms with van der Waals surface area (Å²) in [7, 11) is -3.80. The number of hydrogen-bond donors (Lipinski definition) is 1. The van der Waals surface area contributed by atoms with Crippen molar-refractivity contribution in [2.75, 3.05) is 17.2 Å². The average Bonchev–Trinajstić information content (AvgIpc) is 2.56. The molecular weight excluding hydrogens is 372 g/mol. The Hall–Kier alpha value is -2.65. The largest absolute Gasteiger partial charge is 0.465 e. The van der Waals surface area contributed by atoms with E-state index in [1.807, 2.05) is 0 Å². The fourth-order valence-corrected chi connectivity index (χ4v) is 3.40. The number of nitro benzene ring substituents is 1. The predicted octanol–water partition coefficient (Wildman–Crippen LogP) is 3.21. The van der Waals surface area contributed by atoms with Crippen LogP contribution in [0.5, 0.6) is 0 Å². The fraction of sp³-hybridized carbons (Fsp3) is 0.133. The Bertz CT molecular complexity index is 881. The van der Waals surface area contributed by atoms with Crippen molar-refractivity contribution in [1.29, 1.82) is 0 Å². The van der Waals surface area contributed by atoms with Crippen molar-refractivity contribution >= 4 is 38.9 Å². The zero-order valence-electron chi connectivity index (χ0n) is 12.7. The Morgan fingerprint density at radius 3 is 2.16 bits per heavy atom. The van der Waals surface area contributed by atoms with Crippen molar-refractivity contribution in [3.8, 4) is 0 Å². The summed E-state index contributed by atoms with van der Waals surface area (Å²) < 4.78 is 24.6. The van der Waals surface area contributed by atoms with E-state index >= 15 is 0 Å². The minimum atomic E-state index is -3.80. The monoisotopic (exact) mass is 384 g/mol.